The summed E-state index contributed by atoms with van der Waals surface area (Å²) in [5, 5.41) is 0. The van der Waals surface area contributed by atoms with E-state index in [1.54, 1.807) is 47.4 Å². The summed E-state index contributed by atoms with van der Waals surface area (Å²) in [7, 11) is 0. The van der Waals surface area contributed by atoms with Crippen LogP contribution in [0.5, 0.6) is 5.75 Å². The molecule has 0 radical (unpaired) electrons. The van der Waals surface area contributed by atoms with Crippen LogP contribution in [0.25, 0.3) is 6.08 Å². The normalized spacial score (nSPS) is 17.2. The van der Waals surface area contributed by atoms with E-state index in [2.05, 4.69) is 4.98 Å². The first-order valence-electron chi connectivity index (χ1n) is 9.65. The Hall–Kier alpha value is -3.52. The number of ether oxygens (including phenoxy) is 2. The van der Waals surface area contributed by atoms with Gasteiger partial charge in [0.25, 0.3) is 5.91 Å². The Morgan fingerprint density at radius 1 is 1.17 bits per heavy atom. The second-order valence-electron chi connectivity index (χ2n) is 6.93. The standard InChI is InChI=1S/C22H21N3O5/c1-15(26)25-19-5-3-2-4-18(19)22(28)20(25)12-16-6-7-17(13-23-16)30-14-21(27)24-8-10-29-11-9-24/h2-7,12-13H,8-11,14H2,1H3/b20-12-. The summed E-state index contributed by atoms with van der Waals surface area (Å²) in [6.45, 7) is 3.55. The predicted octanol–water partition coefficient (Wildman–Crippen LogP) is 1.91. The second-order valence-corrected chi connectivity index (χ2v) is 6.93. The van der Waals surface area contributed by atoms with Crippen molar-refractivity contribution in [1.82, 2.24) is 9.88 Å². The number of ketones is 1. The molecule has 0 aliphatic carbocycles. The molecule has 2 aliphatic heterocycles. The number of allylic oxidation sites excluding steroid dienone is 1. The van der Waals surface area contributed by atoms with Gasteiger partial charge in [0, 0.05) is 25.6 Å². The van der Waals surface area contributed by atoms with Crippen molar-refractivity contribution in [2.75, 3.05) is 37.8 Å². The van der Waals surface area contributed by atoms with Crippen molar-refractivity contribution in [1.29, 1.82) is 0 Å². The molecule has 1 saturated heterocycles. The van der Waals surface area contributed by atoms with Gasteiger partial charge >= 0.3 is 0 Å². The minimum atomic E-state index is -0.249. The van der Waals surface area contributed by atoms with Crippen LogP contribution in [0.15, 0.2) is 48.3 Å². The maximum absolute atomic E-state index is 12.7. The Balaban J connectivity index is 1.46. The molecule has 2 amide bonds. The Bertz CT molecular complexity index is 1010. The van der Waals surface area contributed by atoms with Crippen molar-refractivity contribution < 1.29 is 23.9 Å². The third kappa shape index (κ3) is 3.95. The van der Waals surface area contributed by atoms with Gasteiger partial charge < -0.3 is 14.4 Å². The molecule has 2 aliphatic rings. The average molecular weight is 407 g/mol. The summed E-state index contributed by atoms with van der Waals surface area (Å²) in [5.41, 5.74) is 1.82. The van der Waals surface area contributed by atoms with Gasteiger partial charge in [-0.15, -0.1) is 0 Å². The molecule has 0 bridgehead atoms. The number of benzene rings is 1. The minimum absolute atomic E-state index is 0.0754. The summed E-state index contributed by atoms with van der Waals surface area (Å²) in [4.78, 5) is 44.4. The van der Waals surface area contributed by atoms with Gasteiger partial charge in [0.05, 0.1) is 36.5 Å². The molecule has 8 heteroatoms. The fraction of sp³-hybridized carbons (Fsp3) is 0.273. The van der Waals surface area contributed by atoms with Crippen molar-refractivity contribution in [3.63, 3.8) is 0 Å². The highest BCUT2D eigenvalue weighted by atomic mass is 16.5. The minimum Gasteiger partial charge on any atom is -0.482 e. The Labute approximate surface area is 173 Å². The molecule has 30 heavy (non-hydrogen) atoms. The van der Waals surface area contributed by atoms with E-state index >= 15 is 0 Å². The lowest BCUT2D eigenvalue weighted by atomic mass is 10.1. The highest BCUT2D eigenvalue weighted by molar-refractivity contribution is 6.26. The third-order valence-electron chi connectivity index (χ3n) is 4.95. The lowest BCUT2D eigenvalue weighted by Gasteiger charge is -2.26. The first-order chi connectivity index (χ1) is 14.5. The smallest absolute Gasteiger partial charge is 0.260 e. The molecule has 154 valence electrons. The molecule has 3 heterocycles. The zero-order valence-corrected chi connectivity index (χ0v) is 16.5. The van der Waals surface area contributed by atoms with Crippen molar-refractivity contribution in [2.45, 2.75) is 6.92 Å². The maximum Gasteiger partial charge on any atom is 0.260 e. The molecular formula is C22H21N3O5. The highest BCUT2D eigenvalue weighted by Gasteiger charge is 2.34. The molecular weight excluding hydrogens is 386 g/mol. The van der Waals surface area contributed by atoms with Crippen molar-refractivity contribution >= 4 is 29.4 Å². The van der Waals surface area contributed by atoms with Gasteiger partial charge in [-0.1, -0.05) is 12.1 Å². The molecule has 0 unspecified atom stereocenters. The van der Waals surface area contributed by atoms with Crippen LogP contribution < -0.4 is 9.64 Å². The number of hydrogen-bond donors (Lipinski definition) is 0. The number of aromatic nitrogens is 1. The van der Waals surface area contributed by atoms with E-state index in [1.807, 2.05) is 0 Å². The van der Waals surface area contributed by atoms with Crippen molar-refractivity contribution in [2.24, 2.45) is 0 Å². The van der Waals surface area contributed by atoms with Gasteiger partial charge in [-0.25, -0.2) is 0 Å². The predicted molar refractivity (Wildman–Crippen MR) is 109 cm³/mol. The van der Waals surface area contributed by atoms with Gasteiger partial charge in [0.1, 0.15) is 5.75 Å². The number of carbonyl (C=O) groups is 3. The molecule has 0 atom stereocenters. The molecule has 0 N–H and O–H groups in total. The molecule has 8 nitrogen and oxygen atoms in total. The Morgan fingerprint density at radius 2 is 1.93 bits per heavy atom. The number of hydrogen-bond acceptors (Lipinski definition) is 6. The Morgan fingerprint density at radius 3 is 2.63 bits per heavy atom. The highest BCUT2D eigenvalue weighted by Crippen LogP contribution is 2.35. The number of anilines is 1. The van der Waals surface area contributed by atoms with E-state index in [-0.39, 0.29) is 29.9 Å². The largest absolute Gasteiger partial charge is 0.482 e. The summed E-state index contributed by atoms with van der Waals surface area (Å²) >= 11 is 0. The first kappa shape index (κ1) is 19.8. The number of rotatable bonds is 4. The van der Waals surface area contributed by atoms with Crippen LogP contribution in [0.2, 0.25) is 0 Å². The lowest BCUT2D eigenvalue weighted by Crippen LogP contribution is -2.42. The van der Waals surface area contributed by atoms with Gasteiger partial charge in [0.15, 0.2) is 6.61 Å². The van der Waals surface area contributed by atoms with Crippen molar-refractivity contribution in [3.05, 3.63) is 59.5 Å². The van der Waals surface area contributed by atoms with Crippen LogP contribution in [0.4, 0.5) is 5.69 Å². The molecule has 0 spiro atoms. The summed E-state index contributed by atoms with van der Waals surface area (Å²) in [6.07, 6.45) is 3.07. The summed E-state index contributed by atoms with van der Waals surface area (Å²) in [6, 6.07) is 10.3. The topological polar surface area (TPSA) is 89.0 Å². The van der Waals surface area contributed by atoms with Crippen LogP contribution in [0, 0.1) is 0 Å². The number of fused-ring (bicyclic) bond motifs is 1. The number of amides is 2. The van der Waals surface area contributed by atoms with E-state index in [0.717, 1.165) is 0 Å². The van der Waals surface area contributed by atoms with E-state index < -0.39 is 0 Å². The van der Waals surface area contributed by atoms with Crippen molar-refractivity contribution in [3.8, 4) is 5.75 Å². The van der Waals surface area contributed by atoms with E-state index in [0.29, 0.717) is 49.0 Å². The molecule has 1 aromatic carbocycles. The third-order valence-corrected chi connectivity index (χ3v) is 4.95. The number of carbonyl (C=O) groups excluding carboxylic acids is 3. The molecule has 2 aromatic rings. The van der Waals surface area contributed by atoms with Crippen LogP contribution in [-0.2, 0) is 14.3 Å². The SMILES string of the molecule is CC(=O)N1/C(=C\c2ccc(OCC(=O)N3CCOCC3)cn2)C(=O)c2ccccc21. The van der Waals surface area contributed by atoms with Gasteiger partial charge in [0.2, 0.25) is 11.7 Å². The Kier molecular flexibility index (Phi) is 5.58. The number of nitrogens with zero attached hydrogens (tertiary/aromatic N) is 3. The number of morpholine rings is 1. The van der Waals surface area contributed by atoms with Gasteiger partial charge in [-0.3, -0.25) is 24.3 Å². The van der Waals surface area contributed by atoms with Crippen LogP contribution >= 0.6 is 0 Å². The molecule has 1 aromatic heterocycles. The fourth-order valence-corrected chi connectivity index (χ4v) is 3.45. The van der Waals surface area contributed by atoms with Crippen LogP contribution in [-0.4, -0.2) is 60.4 Å². The molecule has 0 saturated carbocycles. The van der Waals surface area contributed by atoms with E-state index in [9.17, 15) is 14.4 Å². The van der Waals surface area contributed by atoms with Crippen LogP contribution in [0.1, 0.15) is 23.0 Å². The lowest BCUT2D eigenvalue weighted by molar-refractivity contribution is -0.137. The zero-order valence-electron chi connectivity index (χ0n) is 16.5. The van der Waals surface area contributed by atoms with Gasteiger partial charge in [-0.05, 0) is 30.3 Å². The average Bonchev–Trinajstić information content (AvgIpc) is 3.05. The fourth-order valence-electron chi connectivity index (χ4n) is 3.45. The number of para-hydroxylation sites is 1. The monoisotopic (exact) mass is 407 g/mol. The maximum atomic E-state index is 12.7. The van der Waals surface area contributed by atoms with E-state index in [1.165, 1.54) is 18.0 Å². The first-order valence-corrected chi connectivity index (χ1v) is 9.65. The van der Waals surface area contributed by atoms with Gasteiger partial charge in [-0.2, -0.15) is 0 Å². The zero-order chi connectivity index (χ0) is 21.1. The second kappa shape index (κ2) is 8.46. The molecule has 1 fully saturated rings. The number of pyridine rings is 1. The van der Waals surface area contributed by atoms with Crippen LogP contribution in [0.3, 0.4) is 0 Å². The summed E-state index contributed by atoms with van der Waals surface area (Å²) < 4.78 is 10.8. The quantitative estimate of drug-likeness (QED) is 0.720. The summed E-state index contributed by atoms with van der Waals surface area (Å²) in [5.74, 6) is -0.126. The number of Topliss-reactive ketones (excluding diaryl/α,β-unsaturated/α-hetero) is 1. The van der Waals surface area contributed by atoms with E-state index in [4.69, 9.17) is 9.47 Å². The molecule has 4 rings (SSSR count).